The van der Waals surface area contributed by atoms with Crippen molar-refractivity contribution in [2.45, 2.75) is 6.92 Å². The molecule has 1 amide bonds. The van der Waals surface area contributed by atoms with Crippen LogP contribution < -0.4 is 10.3 Å². The van der Waals surface area contributed by atoms with Gasteiger partial charge in [-0.3, -0.25) is 4.79 Å². The average Bonchev–Trinajstić information content (AvgIpc) is 3.33. The lowest BCUT2D eigenvalue weighted by molar-refractivity contribution is 0.0950. The number of carbonyl (C=O) groups is 1. The highest BCUT2D eigenvalue weighted by molar-refractivity contribution is 7.13. The van der Waals surface area contributed by atoms with Crippen molar-refractivity contribution in [3.05, 3.63) is 47.2 Å². The largest absolute Gasteiger partial charge is 0.455 e. The first-order chi connectivity index (χ1) is 12.7. The Labute approximate surface area is 154 Å². The number of ether oxygens (including phenoxy) is 1. The molecule has 1 saturated heterocycles. The zero-order chi connectivity index (χ0) is 17.9. The average molecular weight is 370 g/mol. The molecule has 26 heavy (non-hydrogen) atoms. The first-order valence-electron chi connectivity index (χ1n) is 8.32. The molecule has 1 N–H and O–H groups in total. The van der Waals surface area contributed by atoms with Crippen molar-refractivity contribution in [1.82, 2.24) is 10.4 Å². The zero-order valence-electron chi connectivity index (χ0n) is 14.3. The van der Waals surface area contributed by atoms with E-state index in [1.807, 2.05) is 30.3 Å². The number of hydrogen-bond donors (Lipinski definition) is 1. The third kappa shape index (κ3) is 3.47. The lowest BCUT2D eigenvalue weighted by Crippen LogP contribution is -2.36. The van der Waals surface area contributed by atoms with Gasteiger partial charge in [0.1, 0.15) is 17.0 Å². The normalized spacial score (nSPS) is 15.4. The van der Waals surface area contributed by atoms with Crippen molar-refractivity contribution in [3.8, 4) is 0 Å². The second kappa shape index (κ2) is 7.27. The number of amides is 1. The Morgan fingerprint density at radius 1 is 1.31 bits per heavy atom. The Hall–Kier alpha value is -2.71. The third-order valence-electron chi connectivity index (χ3n) is 4.11. The number of thiazole rings is 1. The second-order valence-corrected chi connectivity index (χ2v) is 6.74. The van der Waals surface area contributed by atoms with Gasteiger partial charge in [0.25, 0.3) is 5.91 Å². The molecule has 0 unspecified atom stereocenters. The predicted octanol–water partition coefficient (Wildman–Crippen LogP) is 2.88. The molecule has 7 nitrogen and oxygen atoms in total. The van der Waals surface area contributed by atoms with E-state index in [1.54, 1.807) is 12.3 Å². The number of hydrogen-bond acceptors (Lipinski definition) is 7. The van der Waals surface area contributed by atoms with E-state index in [1.165, 1.54) is 11.3 Å². The maximum absolute atomic E-state index is 12.3. The fourth-order valence-electron chi connectivity index (χ4n) is 2.68. The topological polar surface area (TPSA) is 80.0 Å². The van der Waals surface area contributed by atoms with E-state index in [9.17, 15) is 4.79 Å². The predicted molar refractivity (Wildman–Crippen MR) is 101 cm³/mol. The highest BCUT2D eigenvalue weighted by atomic mass is 32.1. The van der Waals surface area contributed by atoms with Gasteiger partial charge in [-0.15, -0.1) is 11.3 Å². The van der Waals surface area contributed by atoms with E-state index in [2.05, 4.69) is 20.4 Å². The fourth-order valence-corrected chi connectivity index (χ4v) is 3.54. The van der Waals surface area contributed by atoms with E-state index < -0.39 is 0 Å². The van der Waals surface area contributed by atoms with Gasteiger partial charge in [0, 0.05) is 23.9 Å². The SMILES string of the molecule is C/C(=N\NC(=O)c1csc(N2CCOCC2)n1)c1cc2ccccc2o1. The van der Waals surface area contributed by atoms with Crippen LogP contribution in [0.15, 0.2) is 45.2 Å². The number of furan rings is 1. The first-order valence-corrected chi connectivity index (χ1v) is 9.20. The maximum atomic E-state index is 12.3. The summed E-state index contributed by atoms with van der Waals surface area (Å²) in [4.78, 5) is 18.8. The van der Waals surface area contributed by atoms with Crippen molar-refractivity contribution < 1.29 is 13.9 Å². The summed E-state index contributed by atoms with van der Waals surface area (Å²) in [6.45, 7) is 4.73. The van der Waals surface area contributed by atoms with Gasteiger partial charge < -0.3 is 14.1 Å². The molecule has 0 radical (unpaired) electrons. The minimum atomic E-state index is -0.337. The number of fused-ring (bicyclic) bond motifs is 1. The van der Waals surface area contributed by atoms with E-state index in [0.29, 0.717) is 30.4 Å². The summed E-state index contributed by atoms with van der Waals surface area (Å²) in [6.07, 6.45) is 0. The minimum absolute atomic E-state index is 0.337. The molecule has 2 aromatic heterocycles. The maximum Gasteiger partial charge on any atom is 0.290 e. The molecule has 0 aliphatic carbocycles. The van der Waals surface area contributed by atoms with Crippen LogP contribution in [-0.4, -0.2) is 42.9 Å². The molecule has 0 spiro atoms. The number of morpholine rings is 1. The summed E-state index contributed by atoms with van der Waals surface area (Å²) in [5, 5.41) is 7.71. The Kier molecular flexibility index (Phi) is 4.68. The summed E-state index contributed by atoms with van der Waals surface area (Å²) in [6, 6.07) is 9.63. The smallest absolute Gasteiger partial charge is 0.290 e. The number of para-hydroxylation sites is 1. The van der Waals surface area contributed by atoms with Crippen LogP contribution in [0.25, 0.3) is 11.0 Å². The lowest BCUT2D eigenvalue weighted by Gasteiger charge is -2.25. The fraction of sp³-hybridized carbons (Fsp3) is 0.278. The molecule has 0 atom stereocenters. The Morgan fingerprint density at radius 3 is 2.92 bits per heavy atom. The van der Waals surface area contributed by atoms with E-state index in [4.69, 9.17) is 9.15 Å². The summed E-state index contributed by atoms with van der Waals surface area (Å²) in [5.74, 6) is 0.287. The van der Waals surface area contributed by atoms with Gasteiger partial charge in [0.05, 0.1) is 13.2 Å². The van der Waals surface area contributed by atoms with E-state index >= 15 is 0 Å². The third-order valence-corrected chi connectivity index (χ3v) is 5.01. The van der Waals surface area contributed by atoms with Crippen LogP contribution in [0.5, 0.6) is 0 Å². The van der Waals surface area contributed by atoms with Gasteiger partial charge in [-0.2, -0.15) is 5.10 Å². The number of nitrogens with one attached hydrogen (secondary N) is 1. The number of aromatic nitrogens is 1. The van der Waals surface area contributed by atoms with Crippen LogP contribution in [0.3, 0.4) is 0 Å². The van der Waals surface area contributed by atoms with E-state index in [-0.39, 0.29) is 5.91 Å². The summed E-state index contributed by atoms with van der Waals surface area (Å²) in [5.41, 5.74) is 4.29. The van der Waals surface area contributed by atoms with Crippen LogP contribution in [0.4, 0.5) is 5.13 Å². The highest BCUT2D eigenvalue weighted by Gasteiger charge is 2.17. The van der Waals surface area contributed by atoms with Crippen molar-refractivity contribution in [2.24, 2.45) is 5.10 Å². The lowest BCUT2D eigenvalue weighted by atomic mass is 10.2. The van der Waals surface area contributed by atoms with Crippen molar-refractivity contribution in [3.63, 3.8) is 0 Å². The molecule has 8 heteroatoms. The molecule has 3 aromatic rings. The Bertz CT molecular complexity index is 923. The molecule has 3 heterocycles. The van der Waals surface area contributed by atoms with Crippen LogP contribution in [0, 0.1) is 0 Å². The number of nitrogens with zero attached hydrogens (tertiary/aromatic N) is 3. The molecular weight excluding hydrogens is 352 g/mol. The summed E-state index contributed by atoms with van der Waals surface area (Å²) >= 11 is 1.45. The molecular formula is C18H18N4O3S. The molecule has 1 fully saturated rings. The van der Waals surface area contributed by atoms with Crippen LogP contribution in [0.1, 0.15) is 23.2 Å². The van der Waals surface area contributed by atoms with Crippen molar-refractivity contribution in [1.29, 1.82) is 0 Å². The quantitative estimate of drug-likeness (QED) is 0.564. The van der Waals surface area contributed by atoms with Gasteiger partial charge in [-0.05, 0) is 19.1 Å². The molecule has 1 aliphatic heterocycles. The minimum Gasteiger partial charge on any atom is -0.455 e. The number of anilines is 1. The molecule has 134 valence electrons. The monoisotopic (exact) mass is 370 g/mol. The number of benzene rings is 1. The Morgan fingerprint density at radius 2 is 2.12 bits per heavy atom. The number of carbonyl (C=O) groups excluding carboxylic acids is 1. The molecule has 1 aromatic carbocycles. The van der Waals surface area contributed by atoms with Crippen LogP contribution in [0.2, 0.25) is 0 Å². The second-order valence-electron chi connectivity index (χ2n) is 5.90. The standard InChI is InChI=1S/C18H18N4O3S/c1-12(16-10-13-4-2-3-5-15(13)25-16)20-21-17(23)14-11-26-18(19-14)22-6-8-24-9-7-22/h2-5,10-11H,6-9H2,1H3,(H,21,23)/b20-12+. The van der Waals surface area contributed by atoms with Gasteiger partial charge >= 0.3 is 0 Å². The van der Waals surface area contributed by atoms with Crippen LogP contribution in [-0.2, 0) is 4.74 Å². The molecule has 1 aliphatic rings. The van der Waals surface area contributed by atoms with E-state index in [0.717, 1.165) is 29.2 Å². The highest BCUT2D eigenvalue weighted by Crippen LogP contribution is 2.22. The van der Waals surface area contributed by atoms with Crippen molar-refractivity contribution >= 4 is 39.1 Å². The Balaban J connectivity index is 1.44. The summed E-state index contributed by atoms with van der Waals surface area (Å²) < 4.78 is 11.1. The van der Waals surface area contributed by atoms with Gasteiger partial charge in [0.15, 0.2) is 10.9 Å². The van der Waals surface area contributed by atoms with Gasteiger partial charge in [0.2, 0.25) is 0 Å². The molecule has 4 rings (SSSR count). The molecule has 0 bridgehead atoms. The summed E-state index contributed by atoms with van der Waals surface area (Å²) in [7, 11) is 0. The van der Waals surface area contributed by atoms with Crippen molar-refractivity contribution in [2.75, 3.05) is 31.2 Å². The number of rotatable bonds is 4. The van der Waals surface area contributed by atoms with Gasteiger partial charge in [-0.25, -0.2) is 10.4 Å². The first kappa shape index (κ1) is 16.7. The zero-order valence-corrected chi connectivity index (χ0v) is 15.1. The molecule has 0 saturated carbocycles. The number of hydrazone groups is 1. The van der Waals surface area contributed by atoms with Gasteiger partial charge in [-0.1, -0.05) is 18.2 Å². The van der Waals surface area contributed by atoms with Crippen LogP contribution >= 0.6 is 11.3 Å².